The number of rotatable bonds is 7. The Kier molecular flexibility index (Phi) is 4.36. The molecule has 1 aliphatic carbocycles. The summed E-state index contributed by atoms with van der Waals surface area (Å²) in [4.78, 5) is 8.49. The zero-order valence-electron chi connectivity index (χ0n) is 11.1. The van der Waals surface area contributed by atoms with E-state index < -0.39 is 0 Å². The Morgan fingerprint density at radius 3 is 2.89 bits per heavy atom. The second-order valence-corrected chi connectivity index (χ2v) is 4.66. The van der Waals surface area contributed by atoms with Gasteiger partial charge in [-0.05, 0) is 25.7 Å². The van der Waals surface area contributed by atoms with Crippen LogP contribution < -0.4 is 10.1 Å². The summed E-state index contributed by atoms with van der Waals surface area (Å²) < 4.78 is 11.0. The van der Waals surface area contributed by atoms with E-state index in [1.54, 1.807) is 19.4 Å². The molecule has 1 aromatic heterocycles. The predicted octanol–water partition coefficient (Wildman–Crippen LogP) is 2.25. The number of nitrogens with one attached hydrogen (secondary N) is 1. The van der Waals surface area contributed by atoms with Crippen molar-refractivity contribution in [3.8, 4) is 5.88 Å². The normalized spacial score (nSPS) is 17.0. The van der Waals surface area contributed by atoms with Gasteiger partial charge in [-0.1, -0.05) is 6.92 Å². The van der Waals surface area contributed by atoms with Gasteiger partial charge < -0.3 is 14.8 Å². The summed E-state index contributed by atoms with van der Waals surface area (Å²) >= 11 is 0. The standard InChI is InChI=1S/C13H21N3O2/c1-3-9-18-11-5-8-14-12(16-11)15-10-13(17-2)6-4-7-13/h5,8H,3-4,6-7,9-10H2,1-2H3,(H,14,15,16). The number of hydrogen-bond donors (Lipinski definition) is 1. The van der Waals surface area contributed by atoms with Crippen molar-refractivity contribution in [2.24, 2.45) is 0 Å². The van der Waals surface area contributed by atoms with Crippen LogP contribution in [-0.2, 0) is 4.74 Å². The van der Waals surface area contributed by atoms with Gasteiger partial charge in [0.25, 0.3) is 0 Å². The first kappa shape index (κ1) is 13.1. The lowest BCUT2D eigenvalue weighted by Crippen LogP contribution is -2.45. The second kappa shape index (κ2) is 6.00. The quantitative estimate of drug-likeness (QED) is 0.805. The summed E-state index contributed by atoms with van der Waals surface area (Å²) in [7, 11) is 1.77. The van der Waals surface area contributed by atoms with Crippen molar-refractivity contribution >= 4 is 5.95 Å². The predicted molar refractivity (Wildman–Crippen MR) is 69.9 cm³/mol. The molecule has 0 aliphatic heterocycles. The highest BCUT2D eigenvalue weighted by atomic mass is 16.5. The van der Waals surface area contributed by atoms with Crippen LogP contribution in [-0.4, -0.2) is 35.8 Å². The van der Waals surface area contributed by atoms with Crippen LogP contribution in [0, 0.1) is 0 Å². The molecule has 1 aromatic rings. The molecule has 2 rings (SSSR count). The molecule has 18 heavy (non-hydrogen) atoms. The molecule has 0 atom stereocenters. The van der Waals surface area contributed by atoms with Crippen molar-refractivity contribution in [2.45, 2.75) is 38.2 Å². The summed E-state index contributed by atoms with van der Waals surface area (Å²) in [6.45, 7) is 3.50. The van der Waals surface area contributed by atoms with Gasteiger partial charge in [0.1, 0.15) is 0 Å². The number of ether oxygens (including phenoxy) is 2. The Balaban J connectivity index is 1.88. The maximum atomic E-state index is 5.54. The van der Waals surface area contributed by atoms with Crippen molar-refractivity contribution in [3.63, 3.8) is 0 Å². The largest absolute Gasteiger partial charge is 0.478 e. The van der Waals surface area contributed by atoms with Crippen molar-refractivity contribution in [2.75, 3.05) is 25.6 Å². The van der Waals surface area contributed by atoms with Crippen molar-refractivity contribution < 1.29 is 9.47 Å². The third kappa shape index (κ3) is 3.10. The average Bonchev–Trinajstić information content (AvgIpc) is 2.36. The van der Waals surface area contributed by atoms with Gasteiger partial charge in [0, 0.05) is 25.9 Å². The van der Waals surface area contributed by atoms with Crippen LogP contribution in [0.25, 0.3) is 0 Å². The molecule has 1 fully saturated rings. The summed E-state index contributed by atoms with van der Waals surface area (Å²) in [6.07, 6.45) is 6.11. The first-order chi connectivity index (χ1) is 8.78. The van der Waals surface area contributed by atoms with Crippen LogP contribution in [0.15, 0.2) is 12.3 Å². The van der Waals surface area contributed by atoms with E-state index in [0.29, 0.717) is 18.4 Å². The van der Waals surface area contributed by atoms with Crippen molar-refractivity contribution in [1.29, 1.82) is 0 Å². The highest BCUT2D eigenvalue weighted by Gasteiger charge is 2.36. The molecule has 0 amide bonds. The molecular formula is C13H21N3O2. The monoisotopic (exact) mass is 251 g/mol. The minimum atomic E-state index is -0.0242. The van der Waals surface area contributed by atoms with E-state index in [4.69, 9.17) is 9.47 Å². The van der Waals surface area contributed by atoms with Gasteiger partial charge in [-0.3, -0.25) is 0 Å². The Bertz CT molecular complexity index is 375. The highest BCUT2D eigenvalue weighted by Crippen LogP contribution is 2.34. The molecule has 0 aromatic carbocycles. The van der Waals surface area contributed by atoms with Gasteiger partial charge in [0.15, 0.2) is 0 Å². The van der Waals surface area contributed by atoms with E-state index in [1.807, 2.05) is 0 Å². The third-order valence-electron chi connectivity index (χ3n) is 3.35. The van der Waals surface area contributed by atoms with E-state index in [2.05, 4.69) is 22.2 Å². The van der Waals surface area contributed by atoms with Crippen LogP contribution in [0.3, 0.4) is 0 Å². The summed E-state index contributed by atoms with van der Waals surface area (Å²) in [5, 5.41) is 3.23. The second-order valence-electron chi connectivity index (χ2n) is 4.66. The maximum absolute atomic E-state index is 5.54. The van der Waals surface area contributed by atoms with Crippen LogP contribution in [0.2, 0.25) is 0 Å². The van der Waals surface area contributed by atoms with Gasteiger partial charge in [0.2, 0.25) is 11.8 Å². The summed E-state index contributed by atoms with van der Waals surface area (Å²) in [6, 6.07) is 1.77. The Morgan fingerprint density at radius 2 is 2.28 bits per heavy atom. The number of nitrogens with zero attached hydrogens (tertiary/aromatic N) is 2. The van der Waals surface area contributed by atoms with E-state index in [1.165, 1.54) is 6.42 Å². The minimum absolute atomic E-state index is 0.0242. The summed E-state index contributed by atoms with van der Waals surface area (Å²) in [5.74, 6) is 1.22. The fourth-order valence-corrected chi connectivity index (χ4v) is 1.98. The molecule has 0 spiro atoms. The Labute approximate surface area is 108 Å². The molecule has 0 unspecified atom stereocenters. The maximum Gasteiger partial charge on any atom is 0.226 e. The average molecular weight is 251 g/mol. The molecule has 1 aliphatic rings. The Morgan fingerprint density at radius 1 is 1.44 bits per heavy atom. The third-order valence-corrected chi connectivity index (χ3v) is 3.35. The number of methoxy groups -OCH3 is 1. The Hall–Kier alpha value is -1.36. The molecule has 100 valence electrons. The number of aromatic nitrogens is 2. The molecule has 1 heterocycles. The SMILES string of the molecule is CCCOc1ccnc(NCC2(OC)CCC2)n1. The van der Waals surface area contributed by atoms with Gasteiger partial charge in [-0.15, -0.1) is 0 Å². The van der Waals surface area contributed by atoms with Crippen LogP contribution in [0.5, 0.6) is 5.88 Å². The lowest BCUT2D eigenvalue weighted by molar-refractivity contribution is -0.0602. The number of hydrogen-bond acceptors (Lipinski definition) is 5. The highest BCUT2D eigenvalue weighted by molar-refractivity contribution is 5.28. The summed E-state index contributed by atoms with van der Waals surface area (Å²) in [5.41, 5.74) is -0.0242. The molecule has 1 N–H and O–H groups in total. The fourth-order valence-electron chi connectivity index (χ4n) is 1.98. The topological polar surface area (TPSA) is 56.3 Å². The van der Waals surface area contributed by atoms with E-state index in [-0.39, 0.29) is 5.60 Å². The molecule has 1 saturated carbocycles. The minimum Gasteiger partial charge on any atom is -0.478 e. The van der Waals surface area contributed by atoms with Gasteiger partial charge in [0.05, 0.1) is 12.2 Å². The van der Waals surface area contributed by atoms with E-state index in [9.17, 15) is 0 Å². The lowest BCUT2D eigenvalue weighted by Gasteiger charge is -2.40. The lowest BCUT2D eigenvalue weighted by atomic mass is 9.80. The first-order valence-corrected chi connectivity index (χ1v) is 6.53. The van der Waals surface area contributed by atoms with Crippen LogP contribution in [0.1, 0.15) is 32.6 Å². The molecule has 0 bridgehead atoms. The van der Waals surface area contributed by atoms with Crippen molar-refractivity contribution in [1.82, 2.24) is 9.97 Å². The smallest absolute Gasteiger partial charge is 0.226 e. The molecule has 0 radical (unpaired) electrons. The van der Waals surface area contributed by atoms with Gasteiger partial charge in [-0.25, -0.2) is 4.98 Å². The van der Waals surface area contributed by atoms with E-state index >= 15 is 0 Å². The van der Waals surface area contributed by atoms with Crippen molar-refractivity contribution in [3.05, 3.63) is 12.3 Å². The zero-order chi connectivity index (χ0) is 12.8. The molecular weight excluding hydrogens is 230 g/mol. The molecule has 0 saturated heterocycles. The first-order valence-electron chi connectivity index (χ1n) is 6.53. The molecule has 5 heteroatoms. The van der Waals surface area contributed by atoms with Crippen LogP contribution in [0.4, 0.5) is 5.95 Å². The molecule has 5 nitrogen and oxygen atoms in total. The van der Waals surface area contributed by atoms with Gasteiger partial charge >= 0.3 is 0 Å². The number of anilines is 1. The van der Waals surface area contributed by atoms with Gasteiger partial charge in [-0.2, -0.15) is 4.98 Å². The van der Waals surface area contributed by atoms with E-state index in [0.717, 1.165) is 25.8 Å². The fraction of sp³-hybridized carbons (Fsp3) is 0.692. The zero-order valence-corrected chi connectivity index (χ0v) is 11.1. The van der Waals surface area contributed by atoms with Crippen LogP contribution >= 0.6 is 0 Å².